The number of ether oxygens (including phenoxy) is 2. The summed E-state index contributed by atoms with van der Waals surface area (Å²) < 4.78 is 29.8. The Labute approximate surface area is 168 Å². The van der Waals surface area contributed by atoms with Crippen LogP contribution in [-0.4, -0.2) is 69.9 Å². The van der Waals surface area contributed by atoms with E-state index < -0.39 is 38.3 Å². The van der Waals surface area contributed by atoms with Crippen LogP contribution in [0.1, 0.15) is 13.2 Å². The molecule has 2 aromatic rings. The van der Waals surface area contributed by atoms with Crippen molar-refractivity contribution in [1.29, 1.82) is 0 Å². The molecule has 3 N–H and O–H groups in total. The predicted octanol–water partition coefficient (Wildman–Crippen LogP) is -0.575. The van der Waals surface area contributed by atoms with Crippen molar-refractivity contribution in [2.24, 2.45) is 0 Å². The Morgan fingerprint density at radius 2 is 2.36 bits per heavy atom. The van der Waals surface area contributed by atoms with E-state index in [0.29, 0.717) is 15.9 Å². The average molecular weight is 478 g/mol. The summed E-state index contributed by atoms with van der Waals surface area (Å²) in [6, 6.07) is 0. The quantitative estimate of drug-likeness (QED) is 0.191. The number of imidazole rings is 1. The number of hydrogen-bond donors (Lipinski definition) is 2. The number of carbonyl (C=O) groups excluding carboxylic acids is 1. The van der Waals surface area contributed by atoms with Gasteiger partial charge in [-0.3, -0.25) is 0 Å². The van der Waals surface area contributed by atoms with Gasteiger partial charge in [-0.2, -0.15) is 0 Å². The molecule has 4 atom stereocenters. The molecule has 1 unspecified atom stereocenters. The third-order valence-electron chi connectivity index (χ3n) is 4.47. The molecule has 2 saturated heterocycles. The summed E-state index contributed by atoms with van der Waals surface area (Å²) in [6.45, 7) is 1.14. The Bertz CT molecular complexity index is 921. The van der Waals surface area contributed by atoms with Crippen LogP contribution in [0.3, 0.4) is 0 Å². The van der Waals surface area contributed by atoms with E-state index in [0.717, 1.165) is 0 Å². The van der Waals surface area contributed by atoms with E-state index in [1.54, 1.807) is 12.1 Å². The Hall–Kier alpha value is -1.41. The fourth-order valence-corrected chi connectivity index (χ4v) is 5.44. The molecule has 15 heteroatoms. The minimum absolute atomic E-state index is 0.155. The van der Waals surface area contributed by atoms with Crippen LogP contribution in [0, 0.1) is 0 Å². The van der Waals surface area contributed by atoms with Gasteiger partial charge in [-0.05, 0) is 0 Å². The first kappa shape index (κ1) is 19.9. The van der Waals surface area contributed by atoms with Gasteiger partial charge in [0.25, 0.3) is 0 Å². The number of nitrogens with zero attached hydrogens (tertiary/aromatic N) is 4. The zero-order chi connectivity index (χ0) is 20.1. The van der Waals surface area contributed by atoms with E-state index in [9.17, 15) is 9.90 Å². The van der Waals surface area contributed by atoms with Gasteiger partial charge >= 0.3 is 168 Å². The van der Waals surface area contributed by atoms with Crippen LogP contribution in [0.4, 0.5) is 5.82 Å². The second kappa shape index (κ2) is 7.45. The molecule has 0 aromatic carbocycles. The summed E-state index contributed by atoms with van der Waals surface area (Å²) in [6.07, 6.45) is -1.80. The molecule has 2 aliphatic rings. The zero-order valence-electron chi connectivity index (χ0n) is 14.9. The first-order chi connectivity index (χ1) is 13.3. The molecule has 0 amide bonds. The van der Waals surface area contributed by atoms with Gasteiger partial charge < -0.3 is 0 Å². The van der Waals surface area contributed by atoms with Gasteiger partial charge in [-0.25, -0.2) is 0 Å². The number of aliphatic hydroxyl groups excluding tert-OH is 1. The normalized spacial score (nSPS) is 30.1. The molecule has 28 heavy (non-hydrogen) atoms. The average Bonchev–Trinajstić information content (AvgIpc) is 3.12. The van der Waals surface area contributed by atoms with Gasteiger partial charge in [0.1, 0.15) is 0 Å². The number of fused-ring (bicyclic) bond motifs is 2. The van der Waals surface area contributed by atoms with Crippen molar-refractivity contribution in [2.45, 2.75) is 31.5 Å². The summed E-state index contributed by atoms with van der Waals surface area (Å²) in [5.74, 6) is -0.263. The van der Waals surface area contributed by atoms with E-state index in [4.69, 9.17) is 28.8 Å². The van der Waals surface area contributed by atoms with Crippen LogP contribution in [0.15, 0.2) is 11.1 Å². The summed E-state index contributed by atoms with van der Waals surface area (Å²) in [5, 5.41) is 10.9. The fraction of sp³-hybridized carbons (Fsp3) is 0.538. The van der Waals surface area contributed by atoms with Gasteiger partial charge in [0.15, 0.2) is 0 Å². The zero-order valence-corrected chi connectivity index (χ0v) is 17.5. The Kier molecular flexibility index (Phi) is 5.29. The molecule has 0 spiro atoms. The number of nitrogen functional groups attached to an aromatic ring is 1. The van der Waals surface area contributed by atoms with Gasteiger partial charge in [-0.1, -0.05) is 0 Å². The number of aliphatic hydroxyl groups is 1. The Balaban J connectivity index is 1.56. The number of aromatic nitrogens is 4. The number of anilines is 1. The summed E-state index contributed by atoms with van der Waals surface area (Å²) in [5.41, 5.74) is 6.65. The number of halogens is 1. The second-order valence-corrected chi connectivity index (χ2v) is 9.64. The molecule has 152 valence electrons. The summed E-state index contributed by atoms with van der Waals surface area (Å²) in [7, 11) is -1.47. The Morgan fingerprint density at radius 1 is 1.57 bits per heavy atom. The van der Waals surface area contributed by atoms with E-state index in [-0.39, 0.29) is 19.2 Å². The first-order valence-electron chi connectivity index (χ1n) is 8.35. The SMILES string of the molecule is B[PH]1(OCOC(C)=O)OC[C@H]2O[C@@H](n3c(Br)nc4c(N)ncnc43)C(O)[C@H]2O1. The van der Waals surface area contributed by atoms with Gasteiger partial charge in [0.05, 0.1) is 0 Å². The fourth-order valence-electron chi connectivity index (χ4n) is 3.15. The predicted molar refractivity (Wildman–Crippen MR) is 103 cm³/mol. The molecule has 0 saturated carbocycles. The van der Waals surface area contributed by atoms with E-state index >= 15 is 0 Å². The van der Waals surface area contributed by atoms with Crippen LogP contribution in [-0.2, 0) is 27.8 Å². The summed E-state index contributed by atoms with van der Waals surface area (Å²) >= 11 is 3.35. The van der Waals surface area contributed by atoms with E-state index in [2.05, 4.69) is 30.9 Å². The van der Waals surface area contributed by atoms with Gasteiger partial charge in [0, 0.05) is 0 Å². The molecular weight excluding hydrogens is 460 g/mol. The maximum absolute atomic E-state index is 10.9. The molecule has 0 radical (unpaired) electrons. The molecule has 0 aliphatic carbocycles. The van der Waals surface area contributed by atoms with Crippen LogP contribution in [0.2, 0.25) is 0 Å². The molecule has 2 aromatic heterocycles. The first-order valence-corrected chi connectivity index (χ1v) is 11.4. The molecular formula is C13H18BBrN5O7P. The van der Waals surface area contributed by atoms with Gasteiger partial charge in [-0.15, -0.1) is 0 Å². The second-order valence-electron chi connectivity index (χ2n) is 6.39. The van der Waals surface area contributed by atoms with Crippen molar-refractivity contribution in [3.63, 3.8) is 0 Å². The summed E-state index contributed by atoms with van der Waals surface area (Å²) in [4.78, 5) is 23.3. The van der Waals surface area contributed by atoms with Crippen molar-refractivity contribution in [3.8, 4) is 0 Å². The number of carbonyl (C=O) groups is 1. The van der Waals surface area contributed by atoms with Crippen molar-refractivity contribution >= 4 is 54.3 Å². The number of nitrogens with two attached hydrogens (primary N) is 1. The van der Waals surface area contributed by atoms with Crippen molar-refractivity contribution in [3.05, 3.63) is 11.1 Å². The minimum atomic E-state index is -3.12. The maximum atomic E-state index is 10.9. The van der Waals surface area contributed by atoms with Crippen LogP contribution in [0.5, 0.6) is 0 Å². The van der Waals surface area contributed by atoms with E-state index in [1.165, 1.54) is 13.3 Å². The van der Waals surface area contributed by atoms with Gasteiger partial charge in [0.2, 0.25) is 0 Å². The molecule has 12 nitrogen and oxygen atoms in total. The third-order valence-corrected chi connectivity index (χ3v) is 7.06. The third kappa shape index (κ3) is 3.49. The molecule has 0 bridgehead atoms. The van der Waals surface area contributed by atoms with Crippen molar-refractivity contribution in [1.82, 2.24) is 19.5 Å². The monoisotopic (exact) mass is 477 g/mol. The molecule has 2 aliphatic heterocycles. The number of hydrogen-bond acceptors (Lipinski definition) is 11. The molecule has 4 rings (SSSR count). The number of esters is 1. The van der Waals surface area contributed by atoms with E-state index in [1.807, 2.05) is 0 Å². The van der Waals surface area contributed by atoms with Crippen molar-refractivity contribution < 1.29 is 32.9 Å². The Morgan fingerprint density at radius 3 is 3.11 bits per heavy atom. The molecule has 4 heterocycles. The van der Waals surface area contributed by atoms with Crippen LogP contribution in [0.25, 0.3) is 11.2 Å². The van der Waals surface area contributed by atoms with Crippen molar-refractivity contribution in [2.75, 3.05) is 19.1 Å². The van der Waals surface area contributed by atoms with Crippen LogP contribution >= 0.6 is 23.8 Å². The van der Waals surface area contributed by atoms with Crippen LogP contribution < -0.4 is 5.73 Å². The number of rotatable bonds is 4. The standard InChI is InChI=1S/C13H18BBrN5O7P/c1-5(21)23-4-25-28(14)24-2-6-9(27-28)8(22)12(26-6)20-11-7(19-13(20)15)10(16)17-3-18-11/h3,6,8-9,12,22,28H,2,4,14H2,1H3,(H2,16,17,18)/t6-,8?,9+,12-/m1/s1. The topological polar surface area (TPSA) is 153 Å². The molecule has 2 fully saturated rings.